The predicted octanol–water partition coefficient (Wildman–Crippen LogP) is 2.90. The number of para-hydroxylation sites is 2. The summed E-state index contributed by atoms with van der Waals surface area (Å²) in [6.45, 7) is 0.334. The third kappa shape index (κ3) is 3.10. The minimum Gasteiger partial charge on any atom is -0.464 e. The van der Waals surface area contributed by atoms with Gasteiger partial charge in [0.15, 0.2) is 0 Å². The zero-order valence-electron chi connectivity index (χ0n) is 13.2. The van der Waals surface area contributed by atoms with Crippen molar-refractivity contribution in [1.82, 2.24) is 9.55 Å². The number of hydrogen-bond donors (Lipinski definition) is 0. The lowest BCUT2D eigenvalue weighted by Gasteiger charge is -2.09. The number of carbonyl (C=O) groups is 1. The fraction of sp³-hybridized carbons (Fsp3) is 0.105. The SMILES string of the molecule is COC(=O)c1nc2ccccc2n(CC=Cc2ccccc2)c1=O. The number of carbonyl (C=O) groups excluding carboxylic acids is 1. The Morgan fingerprint density at radius 3 is 2.58 bits per heavy atom. The molecule has 0 unspecified atom stereocenters. The fourth-order valence-corrected chi connectivity index (χ4v) is 2.46. The number of fused-ring (bicyclic) bond motifs is 1. The average molecular weight is 320 g/mol. The maximum atomic E-state index is 12.6. The Bertz CT molecular complexity index is 959. The van der Waals surface area contributed by atoms with Gasteiger partial charge in [-0.2, -0.15) is 0 Å². The van der Waals surface area contributed by atoms with Gasteiger partial charge in [-0.25, -0.2) is 9.78 Å². The third-order valence-electron chi connectivity index (χ3n) is 3.63. The second-order valence-electron chi connectivity index (χ2n) is 5.17. The number of allylic oxidation sites excluding steroid dienone is 1. The summed E-state index contributed by atoms with van der Waals surface area (Å²) in [5, 5.41) is 0. The first-order chi connectivity index (χ1) is 11.7. The number of benzene rings is 2. The predicted molar refractivity (Wildman–Crippen MR) is 92.8 cm³/mol. The van der Waals surface area contributed by atoms with E-state index in [9.17, 15) is 9.59 Å². The summed E-state index contributed by atoms with van der Waals surface area (Å²) in [4.78, 5) is 28.5. The second kappa shape index (κ2) is 6.91. The van der Waals surface area contributed by atoms with Crippen molar-refractivity contribution < 1.29 is 9.53 Å². The molecule has 0 aliphatic carbocycles. The fourth-order valence-electron chi connectivity index (χ4n) is 2.46. The number of hydrogen-bond acceptors (Lipinski definition) is 4. The molecule has 3 rings (SSSR count). The number of aromatic nitrogens is 2. The smallest absolute Gasteiger partial charge is 0.362 e. The van der Waals surface area contributed by atoms with Crippen LogP contribution in [0.1, 0.15) is 16.1 Å². The summed E-state index contributed by atoms with van der Waals surface area (Å²) in [5.41, 5.74) is 1.62. The number of ether oxygens (including phenoxy) is 1. The van der Waals surface area contributed by atoms with Gasteiger partial charge in [0.05, 0.1) is 18.1 Å². The highest BCUT2D eigenvalue weighted by molar-refractivity contribution is 5.89. The van der Waals surface area contributed by atoms with Crippen molar-refractivity contribution in [3.05, 3.63) is 82.3 Å². The van der Waals surface area contributed by atoms with E-state index in [2.05, 4.69) is 9.72 Å². The van der Waals surface area contributed by atoms with Crippen LogP contribution in [-0.2, 0) is 11.3 Å². The Morgan fingerprint density at radius 2 is 1.83 bits per heavy atom. The van der Waals surface area contributed by atoms with Crippen molar-refractivity contribution in [2.75, 3.05) is 7.11 Å². The first kappa shape index (κ1) is 15.7. The van der Waals surface area contributed by atoms with Crippen LogP contribution in [0, 0.1) is 0 Å². The summed E-state index contributed by atoms with van der Waals surface area (Å²) < 4.78 is 6.18. The van der Waals surface area contributed by atoms with E-state index >= 15 is 0 Å². The summed E-state index contributed by atoms with van der Waals surface area (Å²) in [6.07, 6.45) is 3.81. The van der Waals surface area contributed by atoms with Crippen LogP contribution in [-0.4, -0.2) is 22.6 Å². The molecule has 1 aromatic heterocycles. The first-order valence-corrected chi connectivity index (χ1v) is 7.50. The molecule has 120 valence electrons. The van der Waals surface area contributed by atoms with Crippen LogP contribution in [0.4, 0.5) is 0 Å². The summed E-state index contributed by atoms with van der Waals surface area (Å²) >= 11 is 0. The van der Waals surface area contributed by atoms with Gasteiger partial charge < -0.3 is 9.30 Å². The average Bonchev–Trinajstić information content (AvgIpc) is 2.63. The summed E-state index contributed by atoms with van der Waals surface area (Å²) in [6, 6.07) is 17.0. The normalized spacial score (nSPS) is 11.0. The summed E-state index contributed by atoms with van der Waals surface area (Å²) in [7, 11) is 1.23. The Balaban J connectivity index is 2.05. The number of nitrogens with zero attached hydrogens (tertiary/aromatic N) is 2. The van der Waals surface area contributed by atoms with E-state index < -0.39 is 11.5 Å². The first-order valence-electron chi connectivity index (χ1n) is 7.50. The molecule has 0 atom stereocenters. The minimum absolute atomic E-state index is 0.204. The van der Waals surface area contributed by atoms with E-state index in [-0.39, 0.29) is 5.69 Å². The van der Waals surface area contributed by atoms with Crippen molar-refractivity contribution in [3.63, 3.8) is 0 Å². The molecule has 2 aromatic carbocycles. The van der Waals surface area contributed by atoms with Gasteiger partial charge >= 0.3 is 5.97 Å². The van der Waals surface area contributed by atoms with E-state index in [1.165, 1.54) is 11.7 Å². The van der Waals surface area contributed by atoms with Gasteiger partial charge in [0.2, 0.25) is 5.69 Å². The molecule has 0 N–H and O–H groups in total. The lowest BCUT2D eigenvalue weighted by atomic mass is 10.2. The molecule has 0 fully saturated rings. The van der Waals surface area contributed by atoms with E-state index in [1.54, 1.807) is 12.1 Å². The van der Waals surface area contributed by atoms with E-state index in [1.807, 2.05) is 54.6 Å². The van der Waals surface area contributed by atoms with Crippen molar-refractivity contribution >= 4 is 23.1 Å². The molecule has 0 bridgehead atoms. The van der Waals surface area contributed by atoms with E-state index in [0.717, 1.165) is 5.56 Å². The molecule has 3 aromatic rings. The molecule has 5 nitrogen and oxygen atoms in total. The quantitative estimate of drug-likeness (QED) is 0.694. The molecule has 0 spiro atoms. The molecular formula is C19H16N2O3. The maximum Gasteiger partial charge on any atom is 0.362 e. The molecule has 24 heavy (non-hydrogen) atoms. The molecule has 1 heterocycles. The Morgan fingerprint density at radius 1 is 1.12 bits per heavy atom. The van der Waals surface area contributed by atoms with Crippen LogP contribution in [0.15, 0.2) is 65.5 Å². The van der Waals surface area contributed by atoms with Gasteiger partial charge in [-0.1, -0.05) is 54.6 Å². The van der Waals surface area contributed by atoms with Gasteiger partial charge in [-0.15, -0.1) is 0 Å². The molecule has 0 aliphatic rings. The molecular weight excluding hydrogens is 304 g/mol. The van der Waals surface area contributed by atoms with E-state index in [0.29, 0.717) is 17.6 Å². The monoisotopic (exact) mass is 320 g/mol. The zero-order valence-corrected chi connectivity index (χ0v) is 13.2. The Kier molecular flexibility index (Phi) is 4.52. The maximum absolute atomic E-state index is 12.6. The van der Waals surface area contributed by atoms with Gasteiger partial charge in [-0.3, -0.25) is 4.79 Å². The molecule has 0 amide bonds. The third-order valence-corrected chi connectivity index (χ3v) is 3.63. The van der Waals surface area contributed by atoms with Crippen LogP contribution >= 0.6 is 0 Å². The highest BCUT2D eigenvalue weighted by Gasteiger charge is 2.17. The number of esters is 1. The molecule has 5 heteroatoms. The van der Waals surface area contributed by atoms with Crippen molar-refractivity contribution in [2.45, 2.75) is 6.54 Å². The van der Waals surface area contributed by atoms with Crippen LogP contribution in [0.25, 0.3) is 17.1 Å². The van der Waals surface area contributed by atoms with E-state index in [4.69, 9.17) is 0 Å². The van der Waals surface area contributed by atoms with Gasteiger partial charge in [0.1, 0.15) is 0 Å². The lowest BCUT2D eigenvalue weighted by molar-refractivity contribution is 0.0591. The number of methoxy groups -OCH3 is 1. The standard InChI is InChI=1S/C19H16N2O3/c1-24-19(23)17-18(22)21(16-12-6-5-11-15(16)20-17)13-7-10-14-8-3-2-4-9-14/h2-12H,13H2,1H3. The zero-order chi connectivity index (χ0) is 16.9. The second-order valence-corrected chi connectivity index (χ2v) is 5.17. The lowest BCUT2D eigenvalue weighted by Crippen LogP contribution is -2.28. The molecule has 0 radical (unpaired) electrons. The summed E-state index contributed by atoms with van der Waals surface area (Å²) in [5.74, 6) is -0.730. The van der Waals surface area contributed by atoms with Gasteiger partial charge in [-0.05, 0) is 17.7 Å². The molecule has 0 aliphatic heterocycles. The largest absolute Gasteiger partial charge is 0.464 e. The number of rotatable bonds is 4. The minimum atomic E-state index is -0.730. The highest BCUT2D eigenvalue weighted by atomic mass is 16.5. The van der Waals surface area contributed by atoms with Crippen LogP contribution < -0.4 is 5.56 Å². The van der Waals surface area contributed by atoms with Gasteiger partial charge in [0, 0.05) is 6.54 Å². The van der Waals surface area contributed by atoms with Crippen molar-refractivity contribution in [2.24, 2.45) is 0 Å². The highest BCUT2D eigenvalue weighted by Crippen LogP contribution is 2.11. The Labute approximate surface area is 138 Å². The van der Waals surface area contributed by atoms with Crippen LogP contribution in [0.3, 0.4) is 0 Å². The van der Waals surface area contributed by atoms with Crippen molar-refractivity contribution in [1.29, 1.82) is 0 Å². The molecule has 0 saturated carbocycles. The van der Waals surface area contributed by atoms with Crippen molar-refractivity contribution in [3.8, 4) is 0 Å². The molecule has 0 saturated heterocycles. The topological polar surface area (TPSA) is 61.2 Å². The van der Waals surface area contributed by atoms with Crippen LogP contribution in [0.2, 0.25) is 0 Å². The Hall–Kier alpha value is -3.21. The van der Waals surface area contributed by atoms with Crippen LogP contribution in [0.5, 0.6) is 0 Å². The van der Waals surface area contributed by atoms with Gasteiger partial charge in [0.25, 0.3) is 5.56 Å².